The van der Waals surface area contributed by atoms with Crippen LogP contribution in [0, 0.1) is 0 Å². The first-order chi connectivity index (χ1) is 11.8. The van der Waals surface area contributed by atoms with Gasteiger partial charge in [0.1, 0.15) is 0 Å². The van der Waals surface area contributed by atoms with E-state index in [-0.39, 0.29) is 0 Å². The second-order valence-corrected chi connectivity index (χ2v) is 6.03. The van der Waals surface area contributed by atoms with Crippen molar-refractivity contribution in [3.63, 3.8) is 0 Å². The molecular weight excluding hydrogens is 296 g/mol. The normalized spacial score (nSPS) is 11.7. The van der Waals surface area contributed by atoms with Crippen LogP contribution in [0.4, 0.5) is 0 Å². The van der Waals surface area contributed by atoms with E-state index >= 15 is 0 Å². The van der Waals surface area contributed by atoms with Crippen LogP contribution in [0.2, 0.25) is 0 Å². The van der Waals surface area contributed by atoms with Crippen LogP contribution in [0.3, 0.4) is 0 Å². The zero-order chi connectivity index (χ0) is 16.3. The highest BCUT2D eigenvalue weighted by atomic mass is 16.2. The molecule has 111 valence electrons. The van der Waals surface area contributed by atoms with Gasteiger partial charge in [-0.3, -0.25) is 9.59 Å². The van der Waals surface area contributed by atoms with Crippen LogP contribution < -0.4 is 0 Å². The van der Waals surface area contributed by atoms with Crippen LogP contribution in [0.5, 0.6) is 0 Å². The highest BCUT2D eigenvalue weighted by Gasteiger charge is 2.18. The second-order valence-electron chi connectivity index (χ2n) is 6.03. The molecule has 0 aromatic heterocycles. The minimum absolute atomic E-state index is 0.423. The van der Waals surface area contributed by atoms with Gasteiger partial charge in [0.25, 0.3) is 6.29 Å². The first kappa shape index (κ1) is 13.2. The third-order valence-electron chi connectivity index (χ3n) is 4.85. The number of carbonyl (C=O) groups is 1. The van der Waals surface area contributed by atoms with Crippen molar-refractivity contribution in [1.29, 1.82) is 0 Å². The average Bonchev–Trinajstić information content (AvgIpc) is 2.64. The SMILES string of the molecule is O=[C]C(=O)c1ccc2cccc3c4cccc5cccc(c1c23)c54. The van der Waals surface area contributed by atoms with Crippen LogP contribution in [0.25, 0.3) is 43.1 Å². The molecule has 5 aromatic rings. The number of benzene rings is 5. The van der Waals surface area contributed by atoms with Gasteiger partial charge in [-0.1, -0.05) is 60.7 Å². The lowest BCUT2D eigenvalue weighted by molar-refractivity contribution is 0.106. The van der Waals surface area contributed by atoms with Gasteiger partial charge in [-0.15, -0.1) is 0 Å². The maximum Gasteiger partial charge on any atom is 0.277 e. The predicted octanol–water partition coefficient (Wildman–Crippen LogP) is 5.03. The molecule has 0 saturated heterocycles. The molecule has 5 aromatic carbocycles. The number of Topliss-reactive ketones (excluding diaryl/α,β-unsaturated/α-hetero) is 1. The molecule has 0 unspecified atom stereocenters. The molecule has 0 aliphatic carbocycles. The van der Waals surface area contributed by atoms with Crippen molar-refractivity contribution in [3.05, 3.63) is 72.3 Å². The lowest BCUT2D eigenvalue weighted by atomic mass is 9.87. The first-order valence-electron chi connectivity index (χ1n) is 7.80. The Morgan fingerprint density at radius 1 is 0.625 bits per heavy atom. The summed E-state index contributed by atoms with van der Waals surface area (Å²) in [5.74, 6) is -0.599. The van der Waals surface area contributed by atoms with E-state index in [1.54, 1.807) is 6.07 Å². The maximum atomic E-state index is 12.2. The lowest BCUT2D eigenvalue weighted by Gasteiger charge is -2.15. The molecular formula is C22H11O2. The highest BCUT2D eigenvalue weighted by molar-refractivity contribution is 6.42. The summed E-state index contributed by atoms with van der Waals surface area (Å²) in [5.41, 5.74) is 0.423. The summed E-state index contributed by atoms with van der Waals surface area (Å²) in [4.78, 5) is 23.2. The Balaban J connectivity index is 2.23. The average molecular weight is 307 g/mol. The second kappa shape index (κ2) is 4.62. The van der Waals surface area contributed by atoms with Crippen LogP contribution in [-0.4, -0.2) is 12.1 Å². The summed E-state index contributed by atoms with van der Waals surface area (Å²) >= 11 is 0. The Kier molecular flexibility index (Phi) is 2.54. The Bertz CT molecular complexity index is 1280. The molecule has 0 bridgehead atoms. The summed E-state index contributed by atoms with van der Waals surface area (Å²) in [6, 6.07) is 22.1. The molecule has 0 heterocycles. The number of fused-ring (bicyclic) bond motifs is 2. The topological polar surface area (TPSA) is 34.1 Å². The van der Waals surface area contributed by atoms with E-state index in [9.17, 15) is 9.59 Å². The maximum absolute atomic E-state index is 12.2. The van der Waals surface area contributed by atoms with Crippen LogP contribution in [-0.2, 0) is 4.79 Å². The van der Waals surface area contributed by atoms with E-state index in [0.717, 1.165) is 37.7 Å². The van der Waals surface area contributed by atoms with Crippen molar-refractivity contribution in [1.82, 2.24) is 0 Å². The molecule has 0 aliphatic rings. The van der Waals surface area contributed by atoms with Gasteiger partial charge in [0.15, 0.2) is 0 Å². The molecule has 0 amide bonds. The van der Waals surface area contributed by atoms with E-state index in [1.165, 1.54) is 11.7 Å². The van der Waals surface area contributed by atoms with Gasteiger partial charge in [0.05, 0.1) is 0 Å². The van der Waals surface area contributed by atoms with Gasteiger partial charge >= 0.3 is 0 Å². The van der Waals surface area contributed by atoms with Gasteiger partial charge in [-0.05, 0) is 43.8 Å². The largest absolute Gasteiger partial charge is 0.285 e. The van der Waals surface area contributed by atoms with E-state index in [1.807, 2.05) is 30.3 Å². The predicted molar refractivity (Wildman–Crippen MR) is 97.7 cm³/mol. The molecule has 0 N–H and O–H groups in total. The zero-order valence-electron chi connectivity index (χ0n) is 12.7. The summed E-state index contributed by atoms with van der Waals surface area (Å²) in [6.07, 6.45) is 1.53. The van der Waals surface area contributed by atoms with Crippen molar-refractivity contribution in [2.24, 2.45) is 0 Å². The smallest absolute Gasteiger partial charge is 0.277 e. The molecule has 0 saturated carbocycles. The fourth-order valence-corrected chi connectivity index (χ4v) is 3.90. The number of rotatable bonds is 2. The summed E-state index contributed by atoms with van der Waals surface area (Å²) in [5, 5.41) is 8.48. The van der Waals surface area contributed by atoms with E-state index in [4.69, 9.17) is 0 Å². The molecule has 2 nitrogen and oxygen atoms in total. The summed E-state index contributed by atoms with van der Waals surface area (Å²) in [7, 11) is 0. The lowest BCUT2D eigenvalue weighted by Crippen LogP contribution is -2.02. The quantitative estimate of drug-likeness (QED) is 0.198. The summed E-state index contributed by atoms with van der Waals surface area (Å²) in [6.45, 7) is 0. The van der Waals surface area contributed by atoms with Crippen LogP contribution >= 0.6 is 0 Å². The van der Waals surface area contributed by atoms with E-state index < -0.39 is 5.78 Å². The van der Waals surface area contributed by atoms with Crippen molar-refractivity contribution < 1.29 is 9.59 Å². The van der Waals surface area contributed by atoms with E-state index in [2.05, 4.69) is 30.3 Å². The molecule has 2 heteroatoms. The van der Waals surface area contributed by atoms with Gasteiger partial charge in [0, 0.05) is 10.9 Å². The number of carbonyl (C=O) groups excluding carboxylic acids is 2. The zero-order valence-corrected chi connectivity index (χ0v) is 12.7. The fraction of sp³-hybridized carbons (Fsp3) is 0. The monoisotopic (exact) mass is 307 g/mol. The molecule has 0 fully saturated rings. The highest BCUT2D eigenvalue weighted by Crippen LogP contribution is 2.41. The van der Waals surface area contributed by atoms with E-state index in [0.29, 0.717) is 5.56 Å². The molecule has 5 rings (SSSR count). The Hall–Kier alpha value is -3.26. The Labute approximate surface area is 137 Å². The van der Waals surface area contributed by atoms with Crippen LogP contribution in [0.1, 0.15) is 10.4 Å². The molecule has 0 spiro atoms. The third-order valence-corrected chi connectivity index (χ3v) is 4.85. The van der Waals surface area contributed by atoms with Crippen LogP contribution in [0.15, 0.2) is 66.7 Å². The number of ketones is 1. The fourth-order valence-electron chi connectivity index (χ4n) is 3.90. The number of hydrogen-bond donors (Lipinski definition) is 0. The molecule has 0 aliphatic heterocycles. The minimum atomic E-state index is -0.599. The first-order valence-corrected chi connectivity index (χ1v) is 7.80. The molecule has 24 heavy (non-hydrogen) atoms. The van der Waals surface area contributed by atoms with Gasteiger partial charge in [-0.25, -0.2) is 0 Å². The standard InChI is InChI=1S/C22H11O2/c23-12-19(24)17-11-10-14-6-2-8-16-15-7-1-4-13-5-3-9-18(20(13)15)22(17)21(14)16/h1-11H. The van der Waals surface area contributed by atoms with Crippen molar-refractivity contribution in [3.8, 4) is 0 Å². The third kappa shape index (κ3) is 1.55. The minimum Gasteiger partial charge on any atom is -0.285 e. The van der Waals surface area contributed by atoms with Gasteiger partial charge in [-0.2, -0.15) is 0 Å². The Morgan fingerprint density at radius 2 is 1.21 bits per heavy atom. The van der Waals surface area contributed by atoms with Crippen molar-refractivity contribution >= 4 is 55.2 Å². The Morgan fingerprint density at radius 3 is 1.88 bits per heavy atom. The summed E-state index contributed by atoms with van der Waals surface area (Å²) < 4.78 is 0. The van der Waals surface area contributed by atoms with Crippen molar-refractivity contribution in [2.45, 2.75) is 0 Å². The van der Waals surface area contributed by atoms with Gasteiger partial charge in [0.2, 0.25) is 5.78 Å². The van der Waals surface area contributed by atoms with Gasteiger partial charge < -0.3 is 0 Å². The molecule has 0 atom stereocenters. The molecule has 1 radical (unpaired) electrons. The number of hydrogen-bond acceptors (Lipinski definition) is 2. The van der Waals surface area contributed by atoms with Crippen molar-refractivity contribution in [2.75, 3.05) is 0 Å².